The molecule has 0 bridgehead atoms. The predicted molar refractivity (Wildman–Crippen MR) is 82.2 cm³/mol. The summed E-state index contributed by atoms with van der Waals surface area (Å²) in [6.07, 6.45) is 4.69. The van der Waals surface area contributed by atoms with Crippen molar-refractivity contribution in [3.05, 3.63) is 0 Å². The van der Waals surface area contributed by atoms with Crippen molar-refractivity contribution in [3.8, 4) is 0 Å². The molecule has 122 valence electrons. The van der Waals surface area contributed by atoms with Crippen molar-refractivity contribution in [1.82, 2.24) is 10.2 Å². The Labute approximate surface area is 128 Å². The maximum Gasteiger partial charge on any atom is 0.327 e. The van der Waals surface area contributed by atoms with Crippen LogP contribution in [0.5, 0.6) is 0 Å². The van der Waals surface area contributed by atoms with Gasteiger partial charge in [0.1, 0.15) is 5.54 Å². The second-order valence-corrected chi connectivity index (χ2v) is 6.75. The molecule has 2 fully saturated rings. The normalized spacial score (nSPS) is 25.6. The average Bonchev–Trinajstić information content (AvgIpc) is 3.23. The SMILES string of the molecule is CCOC(=O)C(C)(CN(C)CC1CCCOC1)NC1CC1. The fraction of sp³-hybridized carbons (Fsp3) is 0.938. The summed E-state index contributed by atoms with van der Waals surface area (Å²) in [5.74, 6) is 0.444. The summed E-state index contributed by atoms with van der Waals surface area (Å²) in [7, 11) is 2.08. The summed E-state index contributed by atoms with van der Waals surface area (Å²) in [4.78, 5) is 14.6. The van der Waals surface area contributed by atoms with Gasteiger partial charge in [-0.15, -0.1) is 0 Å². The molecule has 0 spiro atoms. The van der Waals surface area contributed by atoms with Crippen LogP contribution in [0.4, 0.5) is 0 Å². The molecule has 1 N–H and O–H groups in total. The molecule has 0 aromatic heterocycles. The lowest BCUT2D eigenvalue weighted by Crippen LogP contribution is -2.58. The summed E-state index contributed by atoms with van der Waals surface area (Å²) in [5.41, 5.74) is -0.610. The lowest BCUT2D eigenvalue weighted by atomic mass is 9.98. The molecule has 0 aromatic carbocycles. The third-order valence-corrected chi connectivity index (χ3v) is 4.24. The summed E-state index contributed by atoms with van der Waals surface area (Å²) >= 11 is 0. The van der Waals surface area contributed by atoms with Gasteiger partial charge in [0.25, 0.3) is 0 Å². The smallest absolute Gasteiger partial charge is 0.327 e. The van der Waals surface area contributed by atoms with Gasteiger partial charge in [-0.05, 0) is 52.5 Å². The van der Waals surface area contributed by atoms with Crippen LogP contribution in [-0.4, -0.2) is 62.4 Å². The van der Waals surface area contributed by atoms with Crippen LogP contribution < -0.4 is 5.32 Å². The van der Waals surface area contributed by atoms with E-state index in [2.05, 4.69) is 17.3 Å². The van der Waals surface area contributed by atoms with Gasteiger partial charge in [-0.3, -0.25) is 10.1 Å². The fourth-order valence-electron chi connectivity index (χ4n) is 3.13. The number of rotatable bonds is 8. The van der Waals surface area contributed by atoms with Gasteiger partial charge in [0.15, 0.2) is 0 Å². The first kappa shape index (κ1) is 16.7. The number of nitrogens with one attached hydrogen (secondary N) is 1. The van der Waals surface area contributed by atoms with Crippen molar-refractivity contribution in [1.29, 1.82) is 0 Å². The molecule has 5 nitrogen and oxygen atoms in total. The predicted octanol–water partition coefficient (Wildman–Crippen LogP) is 1.42. The standard InChI is InChI=1S/C16H30N2O3/c1-4-21-15(19)16(2,17-14-7-8-14)12-18(3)10-13-6-5-9-20-11-13/h13-14,17H,4-12H2,1-3H3. The lowest BCUT2D eigenvalue weighted by molar-refractivity contribution is -0.151. The highest BCUT2D eigenvalue weighted by Gasteiger charge is 2.40. The molecular formula is C16H30N2O3. The molecule has 2 unspecified atom stereocenters. The maximum atomic E-state index is 12.3. The van der Waals surface area contributed by atoms with E-state index in [-0.39, 0.29) is 5.97 Å². The molecule has 2 rings (SSSR count). The number of carbonyl (C=O) groups excluding carboxylic acids is 1. The number of likely N-dealkylation sites (N-methyl/N-ethyl adjacent to an activating group) is 1. The van der Waals surface area contributed by atoms with Crippen LogP contribution in [0.15, 0.2) is 0 Å². The highest BCUT2D eigenvalue weighted by atomic mass is 16.5. The molecule has 0 amide bonds. The number of nitrogens with zero attached hydrogens (tertiary/aromatic N) is 1. The zero-order valence-corrected chi connectivity index (χ0v) is 13.7. The van der Waals surface area contributed by atoms with Crippen molar-refractivity contribution in [2.75, 3.05) is 40.0 Å². The minimum atomic E-state index is -0.610. The van der Waals surface area contributed by atoms with Gasteiger partial charge in [0, 0.05) is 25.7 Å². The molecular weight excluding hydrogens is 268 g/mol. The first-order valence-corrected chi connectivity index (χ1v) is 8.24. The molecule has 2 atom stereocenters. The number of hydrogen-bond donors (Lipinski definition) is 1. The Kier molecular flexibility index (Phi) is 6.02. The van der Waals surface area contributed by atoms with E-state index in [9.17, 15) is 4.79 Å². The Morgan fingerprint density at radius 2 is 2.19 bits per heavy atom. The molecule has 0 aromatic rings. The number of carbonyl (C=O) groups is 1. The zero-order valence-electron chi connectivity index (χ0n) is 13.7. The van der Waals surface area contributed by atoms with Crippen LogP contribution in [0.2, 0.25) is 0 Å². The Balaban J connectivity index is 1.88. The Hall–Kier alpha value is -0.650. The van der Waals surface area contributed by atoms with E-state index >= 15 is 0 Å². The summed E-state index contributed by atoms with van der Waals surface area (Å²) in [6.45, 7) is 7.65. The average molecular weight is 298 g/mol. The summed E-state index contributed by atoms with van der Waals surface area (Å²) < 4.78 is 10.8. The minimum absolute atomic E-state index is 0.136. The van der Waals surface area contributed by atoms with E-state index in [4.69, 9.17) is 9.47 Å². The van der Waals surface area contributed by atoms with Gasteiger partial charge in [-0.25, -0.2) is 0 Å². The van der Waals surface area contributed by atoms with Crippen LogP contribution in [-0.2, 0) is 14.3 Å². The van der Waals surface area contributed by atoms with Crippen molar-refractivity contribution >= 4 is 5.97 Å². The summed E-state index contributed by atoms with van der Waals surface area (Å²) in [5, 5.41) is 3.47. The largest absolute Gasteiger partial charge is 0.465 e. The first-order valence-electron chi connectivity index (χ1n) is 8.24. The second kappa shape index (κ2) is 7.56. The highest BCUT2D eigenvalue weighted by Crippen LogP contribution is 2.24. The molecule has 1 aliphatic heterocycles. The maximum absolute atomic E-state index is 12.3. The highest BCUT2D eigenvalue weighted by molar-refractivity contribution is 5.80. The van der Waals surface area contributed by atoms with E-state index in [1.54, 1.807) is 0 Å². The number of ether oxygens (including phenoxy) is 2. The van der Waals surface area contributed by atoms with E-state index in [0.717, 1.165) is 39.0 Å². The quantitative estimate of drug-likeness (QED) is 0.687. The molecule has 0 radical (unpaired) electrons. The molecule has 5 heteroatoms. The van der Waals surface area contributed by atoms with Crippen LogP contribution in [0.3, 0.4) is 0 Å². The van der Waals surface area contributed by atoms with Crippen molar-refractivity contribution in [3.63, 3.8) is 0 Å². The van der Waals surface area contributed by atoms with Crippen molar-refractivity contribution in [2.24, 2.45) is 5.92 Å². The van der Waals surface area contributed by atoms with Crippen molar-refractivity contribution < 1.29 is 14.3 Å². The van der Waals surface area contributed by atoms with E-state index in [1.165, 1.54) is 6.42 Å². The number of hydrogen-bond acceptors (Lipinski definition) is 5. The van der Waals surface area contributed by atoms with Gasteiger partial charge in [0.2, 0.25) is 0 Å². The minimum Gasteiger partial charge on any atom is -0.465 e. The topological polar surface area (TPSA) is 50.8 Å². The third kappa shape index (κ3) is 5.24. The van der Waals surface area contributed by atoms with Gasteiger partial charge >= 0.3 is 5.97 Å². The first-order chi connectivity index (χ1) is 10.0. The van der Waals surface area contributed by atoms with E-state index in [1.807, 2.05) is 13.8 Å². The molecule has 2 aliphatic rings. The third-order valence-electron chi connectivity index (χ3n) is 4.24. The molecule has 1 heterocycles. The zero-order chi connectivity index (χ0) is 15.3. The van der Waals surface area contributed by atoms with Gasteiger partial charge in [-0.2, -0.15) is 0 Å². The Morgan fingerprint density at radius 3 is 2.76 bits per heavy atom. The lowest BCUT2D eigenvalue weighted by Gasteiger charge is -2.35. The van der Waals surface area contributed by atoms with Gasteiger partial charge in [-0.1, -0.05) is 0 Å². The second-order valence-electron chi connectivity index (χ2n) is 6.75. The van der Waals surface area contributed by atoms with Crippen LogP contribution >= 0.6 is 0 Å². The van der Waals surface area contributed by atoms with E-state index in [0.29, 0.717) is 25.1 Å². The number of esters is 1. The Morgan fingerprint density at radius 1 is 1.43 bits per heavy atom. The molecule has 1 aliphatic carbocycles. The van der Waals surface area contributed by atoms with Crippen LogP contribution in [0, 0.1) is 5.92 Å². The van der Waals surface area contributed by atoms with E-state index < -0.39 is 5.54 Å². The fourth-order valence-corrected chi connectivity index (χ4v) is 3.13. The molecule has 1 saturated heterocycles. The monoisotopic (exact) mass is 298 g/mol. The Bertz CT molecular complexity index is 340. The molecule has 1 saturated carbocycles. The van der Waals surface area contributed by atoms with Gasteiger partial charge < -0.3 is 14.4 Å². The van der Waals surface area contributed by atoms with Gasteiger partial charge in [0.05, 0.1) is 13.2 Å². The van der Waals surface area contributed by atoms with Crippen LogP contribution in [0.1, 0.15) is 39.5 Å². The van der Waals surface area contributed by atoms with Crippen LogP contribution in [0.25, 0.3) is 0 Å². The molecule has 21 heavy (non-hydrogen) atoms. The van der Waals surface area contributed by atoms with Crippen molar-refractivity contribution in [2.45, 2.75) is 51.1 Å². The summed E-state index contributed by atoms with van der Waals surface area (Å²) in [6, 6.07) is 0.478.